The number of methoxy groups -OCH3 is 1. The van der Waals surface area contributed by atoms with Crippen LogP contribution >= 0.6 is 0 Å². The molecule has 0 aromatic heterocycles. The van der Waals surface area contributed by atoms with Crippen molar-refractivity contribution in [1.29, 1.82) is 0 Å². The Labute approximate surface area is 224 Å². The molecule has 0 bridgehead atoms. The fourth-order valence-electron chi connectivity index (χ4n) is 5.79. The van der Waals surface area contributed by atoms with Crippen LogP contribution in [0.1, 0.15) is 29.5 Å². The van der Waals surface area contributed by atoms with Crippen molar-refractivity contribution >= 4 is 17.7 Å². The summed E-state index contributed by atoms with van der Waals surface area (Å²) in [4.78, 5) is 28.3. The van der Waals surface area contributed by atoms with Gasteiger partial charge in [-0.2, -0.15) is 13.2 Å². The normalized spacial score (nSPS) is 20.6. The second kappa shape index (κ2) is 10.6. The van der Waals surface area contributed by atoms with E-state index in [1.807, 2.05) is 60.7 Å². The van der Waals surface area contributed by atoms with Gasteiger partial charge >= 0.3 is 18.2 Å². The number of carbonyl (C=O) groups excluding carboxylic acids is 2. The third kappa shape index (κ3) is 5.44. The van der Waals surface area contributed by atoms with Crippen molar-refractivity contribution in [2.75, 3.05) is 25.1 Å². The number of rotatable bonds is 5. The van der Waals surface area contributed by atoms with Gasteiger partial charge in [0.15, 0.2) is 0 Å². The smallest absolute Gasteiger partial charge is 0.471 e. The monoisotopic (exact) mass is 538 g/mol. The summed E-state index contributed by atoms with van der Waals surface area (Å²) in [6.45, 7) is 0.273. The number of halogens is 3. The van der Waals surface area contributed by atoms with Crippen molar-refractivity contribution in [2.24, 2.45) is 0 Å². The number of hydrogen-bond acceptors (Lipinski definition) is 4. The molecule has 9 heteroatoms. The summed E-state index contributed by atoms with van der Waals surface area (Å²) in [5, 5.41) is 0. The molecule has 6 nitrogen and oxygen atoms in total. The highest BCUT2D eigenvalue weighted by Crippen LogP contribution is 2.50. The van der Waals surface area contributed by atoms with Crippen LogP contribution in [0.25, 0.3) is 0 Å². The third-order valence-electron chi connectivity index (χ3n) is 7.67. The molecule has 3 aromatic carbocycles. The first-order chi connectivity index (χ1) is 18.7. The summed E-state index contributed by atoms with van der Waals surface area (Å²) in [6, 6.07) is 23.4. The zero-order valence-corrected chi connectivity index (χ0v) is 21.5. The number of fused-ring (bicyclic) bond motifs is 2. The summed E-state index contributed by atoms with van der Waals surface area (Å²) < 4.78 is 51.7. The Hall–Kier alpha value is -4.01. The van der Waals surface area contributed by atoms with Crippen LogP contribution in [-0.2, 0) is 28.0 Å². The van der Waals surface area contributed by atoms with E-state index >= 15 is 0 Å². The maximum absolute atomic E-state index is 13.6. The molecule has 2 heterocycles. The Bertz CT molecular complexity index is 1330. The molecule has 2 aliphatic heterocycles. The van der Waals surface area contributed by atoms with Crippen LogP contribution in [0.2, 0.25) is 0 Å². The van der Waals surface area contributed by atoms with Crippen molar-refractivity contribution in [2.45, 2.75) is 43.5 Å². The number of benzene rings is 3. The predicted molar refractivity (Wildman–Crippen MR) is 140 cm³/mol. The maximum atomic E-state index is 13.6. The van der Waals surface area contributed by atoms with E-state index in [0.717, 1.165) is 16.0 Å². The van der Waals surface area contributed by atoms with Crippen LogP contribution in [0.4, 0.5) is 23.7 Å². The molecule has 2 atom stereocenters. The Morgan fingerprint density at radius 2 is 1.64 bits per heavy atom. The van der Waals surface area contributed by atoms with Crippen LogP contribution in [-0.4, -0.2) is 49.3 Å². The lowest BCUT2D eigenvalue weighted by molar-refractivity contribution is -0.170. The lowest BCUT2D eigenvalue weighted by atomic mass is 9.70. The van der Waals surface area contributed by atoms with Gasteiger partial charge in [0.2, 0.25) is 0 Å². The number of piperidine rings is 1. The van der Waals surface area contributed by atoms with E-state index in [4.69, 9.17) is 9.47 Å². The molecule has 0 N–H and O–H groups in total. The first kappa shape index (κ1) is 26.6. The van der Waals surface area contributed by atoms with Gasteiger partial charge in [-0.25, -0.2) is 4.79 Å². The highest BCUT2D eigenvalue weighted by Gasteiger charge is 2.54. The fraction of sp³-hybridized carbons (Fsp3) is 0.333. The molecule has 3 aromatic rings. The van der Waals surface area contributed by atoms with Crippen molar-refractivity contribution in [3.63, 3.8) is 0 Å². The minimum absolute atomic E-state index is 0.118. The van der Waals surface area contributed by atoms with Crippen LogP contribution < -0.4 is 9.64 Å². The highest BCUT2D eigenvalue weighted by molar-refractivity contribution is 6.00. The molecular formula is C30H29F3N2O4. The van der Waals surface area contributed by atoms with Gasteiger partial charge in [0.05, 0.1) is 7.11 Å². The van der Waals surface area contributed by atoms with Gasteiger partial charge < -0.3 is 19.3 Å². The molecule has 2 aliphatic rings. The van der Waals surface area contributed by atoms with E-state index in [0.29, 0.717) is 30.6 Å². The largest absolute Gasteiger partial charge is 0.497 e. The number of anilines is 1. The summed E-state index contributed by atoms with van der Waals surface area (Å²) in [7, 11) is 1.49. The van der Waals surface area contributed by atoms with Gasteiger partial charge in [0, 0.05) is 30.2 Å². The SMILES string of the molecule is COc1ccc2c(c1)C1(CCN(C(=O)OCc3ccccc3)C(Cc3ccccc3)C1)CN2C(=O)C(F)(F)F. The third-order valence-corrected chi connectivity index (χ3v) is 7.67. The average molecular weight is 539 g/mol. The standard InChI is InChI=1S/C30H29F3N2O4/c1-38-24-12-13-26-25(17-24)29(20-35(26)27(36)30(31,32)33)14-15-34(23(18-29)16-21-8-4-2-5-9-21)28(37)39-19-22-10-6-3-7-11-22/h2-13,17,23H,14-16,18-20H2,1H3. The summed E-state index contributed by atoms with van der Waals surface area (Å²) in [6.07, 6.45) is -4.24. The van der Waals surface area contributed by atoms with E-state index in [9.17, 15) is 22.8 Å². The molecule has 1 saturated heterocycles. The van der Waals surface area contributed by atoms with Gasteiger partial charge in [-0.05, 0) is 54.2 Å². The van der Waals surface area contributed by atoms with Crippen molar-refractivity contribution in [3.05, 3.63) is 95.6 Å². The molecule has 5 rings (SSSR count). The quantitative estimate of drug-likeness (QED) is 0.407. The summed E-state index contributed by atoms with van der Waals surface area (Å²) >= 11 is 0. The molecule has 0 saturated carbocycles. The second-order valence-corrected chi connectivity index (χ2v) is 10.1. The van der Waals surface area contributed by atoms with Gasteiger partial charge in [0.1, 0.15) is 12.4 Å². The Kier molecular flexibility index (Phi) is 7.25. The molecule has 0 aliphatic carbocycles. The van der Waals surface area contributed by atoms with Gasteiger partial charge in [-0.3, -0.25) is 4.79 Å². The molecule has 39 heavy (non-hydrogen) atoms. The molecule has 2 unspecified atom stereocenters. The van der Waals surface area contributed by atoms with Crippen LogP contribution in [0.15, 0.2) is 78.9 Å². The van der Waals surface area contributed by atoms with Crippen LogP contribution in [0.3, 0.4) is 0 Å². The molecule has 0 radical (unpaired) electrons. The Morgan fingerprint density at radius 3 is 2.28 bits per heavy atom. The molecule has 1 spiro atoms. The van der Waals surface area contributed by atoms with Gasteiger partial charge in [0.25, 0.3) is 0 Å². The predicted octanol–water partition coefficient (Wildman–Crippen LogP) is 5.89. The zero-order chi connectivity index (χ0) is 27.6. The summed E-state index contributed by atoms with van der Waals surface area (Å²) in [5.41, 5.74) is 1.94. The maximum Gasteiger partial charge on any atom is 0.471 e. The topological polar surface area (TPSA) is 59.1 Å². The first-order valence-electron chi connectivity index (χ1n) is 12.8. The van der Waals surface area contributed by atoms with E-state index in [2.05, 4.69) is 0 Å². The minimum Gasteiger partial charge on any atom is -0.497 e. The average Bonchev–Trinajstić information content (AvgIpc) is 3.24. The van der Waals surface area contributed by atoms with Crippen LogP contribution in [0.5, 0.6) is 5.75 Å². The molecule has 1 fully saturated rings. The number of carbonyl (C=O) groups is 2. The number of alkyl halides is 3. The van der Waals surface area contributed by atoms with Crippen molar-refractivity contribution in [1.82, 2.24) is 4.90 Å². The number of nitrogens with zero attached hydrogens (tertiary/aromatic N) is 2. The number of amides is 2. The van der Waals surface area contributed by atoms with Crippen molar-refractivity contribution < 1.29 is 32.2 Å². The lowest BCUT2D eigenvalue weighted by Crippen LogP contribution is -2.54. The Morgan fingerprint density at radius 1 is 0.974 bits per heavy atom. The fourth-order valence-corrected chi connectivity index (χ4v) is 5.79. The van der Waals surface area contributed by atoms with E-state index in [1.54, 1.807) is 17.0 Å². The summed E-state index contributed by atoms with van der Waals surface area (Å²) in [5.74, 6) is -1.39. The van der Waals surface area contributed by atoms with E-state index in [-0.39, 0.29) is 31.4 Å². The number of ether oxygens (including phenoxy) is 2. The second-order valence-electron chi connectivity index (χ2n) is 10.1. The number of hydrogen-bond donors (Lipinski definition) is 0. The van der Waals surface area contributed by atoms with E-state index < -0.39 is 23.6 Å². The minimum atomic E-state index is -5.01. The highest BCUT2D eigenvalue weighted by atomic mass is 19.4. The number of likely N-dealkylation sites (tertiary alicyclic amines) is 1. The molecular weight excluding hydrogens is 509 g/mol. The van der Waals surface area contributed by atoms with Gasteiger partial charge in [-0.1, -0.05) is 60.7 Å². The molecule has 2 amide bonds. The zero-order valence-electron chi connectivity index (χ0n) is 21.5. The van der Waals surface area contributed by atoms with Crippen LogP contribution in [0, 0.1) is 0 Å². The first-order valence-corrected chi connectivity index (χ1v) is 12.8. The Balaban J connectivity index is 1.46. The van der Waals surface area contributed by atoms with Crippen molar-refractivity contribution in [3.8, 4) is 5.75 Å². The van der Waals surface area contributed by atoms with Gasteiger partial charge in [-0.15, -0.1) is 0 Å². The van der Waals surface area contributed by atoms with E-state index in [1.165, 1.54) is 13.2 Å². The molecule has 204 valence electrons. The lowest BCUT2D eigenvalue weighted by Gasteiger charge is -2.45.